The van der Waals surface area contributed by atoms with Gasteiger partial charge < -0.3 is 10.2 Å². The highest BCUT2D eigenvalue weighted by Gasteiger charge is 2.09. The van der Waals surface area contributed by atoms with Gasteiger partial charge in [-0.25, -0.2) is 8.78 Å². The minimum Gasteiger partial charge on any atom is -0.372 e. The summed E-state index contributed by atoms with van der Waals surface area (Å²) in [5.74, 6) is -1.53. The molecule has 0 spiro atoms. The van der Waals surface area contributed by atoms with Gasteiger partial charge in [-0.05, 0) is 49.2 Å². The second kappa shape index (κ2) is 9.32. The van der Waals surface area contributed by atoms with Crippen LogP contribution < -0.4 is 10.2 Å². The number of nitrogens with one attached hydrogen (secondary N) is 1. The van der Waals surface area contributed by atoms with Crippen molar-refractivity contribution in [2.45, 2.75) is 26.8 Å². The van der Waals surface area contributed by atoms with E-state index in [2.05, 4.69) is 29.2 Å². The van der Waals surface area contributed by atoms with E-state index in [1.807, 2.05) is 24.3 Å². The van der Waals surface area contributed by atoms with Gasteiger partial charge in [-0.3, -0.25) is 9.48 Å². The number of aromatic nitrogens is 2. The number of benzene rings is 2. The molecule has 0 saturated heterocycles. The number of carbonyl (C=O) groups is 1. The summed E-state index contributed by atoms with van der Waals surface area (Å²) in [5.41, 5.74) is 2.63. The first-order valence-electron chi connectivity index (χ1n) is 9.59. The number of nitrogens with zero attached hydrogens (tertiary/aromatic N) is 3. The Bertz CT molecular complexity index is 965. The Hall–Kier alpha value is -3.22. The van der Waals surface area contributed by atoms with E-state index in [0.29, 0.717) is 11.4 Å². The van der Waals surface area contributed by atoms with Crippen molar-refractivity contribution in [3.05, 3.63) is 77.5 Å². The van der Waals surface area contributed by atoms with Crippen LogP contribution in [0.1, 0.15) is 25.0 Å². The predicted molar refractivity (Wildman–Crippen MR) is 110 cm³/mol. The minimum atomic E-state index is -0.893. The highest BCUT2D eigenvalue weighted by molar-refractivity contribution is 5.91. The van der Waals surface area contributed by atoms with Crippen LogP contribution in [-0.4, -0.2) is 28.8 Å². The molecule has 0 aliphatic carbocycles. The Balaban J connectivity index is 1.56. The first-order chi connectivity index (χ1) is 14.0. The van der Waals surface area contributed by atoms with Crippen LogP contribution in [0.25, 0.3) is 0 Å². The van der Waals surface area contributed by atoms with Gasteiger partial charge in [-0.15, -0.1) is 0 Å². The fourth-order valence-electron chi connectivity index (χ4n) is 3.13. The van der Waals surface area contributed by atoms with Crippen molar-refractivity contribution < 1.29 is 13.6 Å². The van der Waals surface area contributed by atoms with Crippen LogP contribution in [0.4, 0.5) is 20.3 Å². The summed E-state index contributed by atoms with van der Waals surface area (Å²) in [5, 5.41) is 7.02. The van der Waals surface area contributed by atoms with Crippen molar-refractivity contribution in [1.29, 1.82) is 0 Å². The molecule has 0 radical (unpaired) electrons. The zero-order valence-corrected chi connectivity index (χ0v) is 16.5. The molecule has 0 bridgehead atoms. The molecular formula is C22H24F2N4O. The van der Waals surface area contributed by atoms with E-state index in [-0.39, 0.29) is 18.9 Å². The highest BCUT2D eigenvalue weighted by Crippen LogP contribution is 2.16. The summed E-state index contributed by atoms with van der Waals surface area (Å²) in [7, 11) is 0. The predicted octanol–water partition coefficient (Wildman–Crippen LogP) is 4.24. The Kier molecular flexibility index (Phi) is 6.59. The van der Waals surface area contributed by atoms with Crippen LogP contribution in [0.5, 0.6) is 0 Å². The SMILES string of the molecule is CCN(CC)c1ccc(CC(=O)Nc2ccn(Cc3ccc(F)c(F)c3)n2)cc1. The molecule has 0 fully saturated rings. The fraction of sp³-hybridized carbons (Fsp3) is 0.273. The molecule has 1 aromatic heterocycles. The number of hydrogen-bond acceptors (Lipinski definition) is 3. The smallest absolute Gasteiger partial charge is 0.229 e. The van der Waals surface area contributed by atoms with Gasteiger partial charge in [0.15, 0.2) is 17.5 Å². The van der Waals surface area contributed by atoms with Crippen molar-refractivity contribution >= 4 is 17.4 Å². The molecule has 2 aromatic carbocycles. The summed E-state index contributed by atoms with van der Waals surface area (Å²) >= 11 is 0. The van der Waals surface area contributed by atoms with E-state index < -0.39 is 11.6 Å². The van der Waals surface area contributed by atoms with Crippen molar-refractivity contribution in [3.63, 3.8) is 0 Å². The van der Waals surface area contributed by atoms with E-state index in [9.17, 15) is 13.6 Å². The number of rotatable bonds is 8. The van der Waals surface area contributed by atoms with Gasteiger partial charge in [-0.1, -0.05) is 18.2 Å². The van der Waals surface area contributed by atoms with Crippen LogP contribution in [0, 0.1) is 11.6 Å². The van der Waals surface area contributed by atoms with Gasteiger partial charge in [0.1, 0.15) is 0 Å². The molecule has 1 N–H and O–H groups in total. The Labute approximate surface area is 169 Å². The summed E-state index contributed by atoms with van der Waals surface area (Å²) < 4.78 is 27.9. The van der Waals surface area contributed by atoms with Gasteiger partial charge in [0, 0.05) is 31.0 Å². The normalized spacial score (nSPS) is 10.8. The molecule has 0 saturated carbocycles. The molecule has 7 heteroatoms. The second-order valence-electron chi connectivity index (χ2n) is 6.71. The third-order valence-electron chi connectivity index (χ3n) is 4.67. The summed E-state index contributed by atoms with van der Waals surface area (Å²) in [6.07, 6.45) is 1.92. The lowest BCUT2D eigenvalue weighted by Crippen LogP contribution is -2.21. The van der Waals surface area contributed by atoms with Crippen molar-refractivity contribution in [1.82, 2.24) is 9.78 Å². The zero-order valence-electron chi connectivity index (χ0n) is 16.5. The molecule has 1 amide bonds. The Morgan fingerprint density at radius 3 is 2.34 bits per heavy atom. The van der Waals surface area contributed by atoms with Gasteiger partial charge in [0.05, 0.1) is 13.0 Å². The molecule has 5 nitrogen and oxygen atoms in total. The average Bonchev–Trinajstić information content (AvgIpc) is 3.13. The summed E-state index contributed by atoms with van der Waals surface area (Å²) in [4.78, 5) is 14.5. The lowest BCUT2D eigenvalue weighted by molar-refractivity contribution is -0.115. The molecule has 1 heterocycles. The second-order valence-corrected chi connectivity index (χ2v) is 6.71. The molecule has 3 rings (SSSR count). The van der Waals surface area contributed by atoms with Gasteiger partial charge >= 0.3 is 0 Å². The molecule has 3 aromatic rings. The monoisotopic (exact) mass is 398 g/mol. The first kappa shape index (κ1) is 20.5. The molecular weight excluding hydrogens is 374 g/mol. The van der Waals surface area contributed by atoms with Crippen molar-refractivity contribution in [2.75, 3.05) is 23.3 Å². The lowest BCUT2D eigenvalue weighted by atomic mass is 10.1. The van der Waals surface area contributed by atoms with Crippen LogP contribution in [-0.2, 0) is 17.8 Å². The van der Waals surface area contributed by atoms with Crippen molar-refractivity contribution in [2.24, 2.45) is 0 Å². The van der Waals surface area contributed by atoms with Crippen LogP contribution in [0.15, 0.2) is 54.7 Å². The van der Waals surface area contributed by atoms with Crippen molar-refractivity contribution in [3.8, 4) is 0 Å². The maximum atomic E-state index is 13.3. The zero-order chi connectivity index (χ0) is 20.8. The number of hydrogen-bond donors (Lipinski definition) is 1. The molecule has 29 heavy (non-hydrogen) atoms. The molecule has 0 atom stereocenters. The van der Waals surface area contributed by atoms with Crippen LogP contribution in [0.2, 0.25) is 0 Å². The third-order valence-corrected chi connectivity index (χ3v) is 4.67. The van der Waals surface area contributed by atoms with E-state index in [1.165, 1.54) is 6.07 Å². The average molecular weight is 398 g/mol. The third kappa shape index (κ3) is 5.40. The number of halogens is 2. The van der Waals surface area contributed by atoms with Gasteiger partial charge in [0.25, 0.3) is 0 Å². The molecule has 152 valence electrons. The van der Waals surface area contributed by atoms with E-state index in [0.717, 1.165) is 36.5 Å². The number of carbonyl (C=O) groups excluding carboxylic acids is 1. The maximum Gasteiger partial charge on any atom is 0.229 e. The molecule has 0 aliphatic heterocycles. The minimum absolute atomic E-state index is 0.168. The standard InChI is InChI=1S/C22H24F2N4O/c1-3-27(4-2)18-8-5-16(6-9-18)14-22(29)25-21-11-12-28(26-21)15-17-7-10-19(23)20(24)13-17/h5-13H,3-4,14-15H2,1-2H3,(H,25,26,29). The van der Waals surface area contributed by atoms with Gasteiger partial charge in [-0.2, -0.15) is 5.10 Å². The Morgan fingerprint density at radius 1 is 1.00 bits per heavy atom. The fourth-order valence-corrected chi connectivity index (χ4v) is 3.13. The van der Waals surface area contributed by atoms with E-state index in [1.54, 1.807) is 16.9 Å². The molecule has 0 aliphatic rings. The maximum absolute atomic E-state index is 13.3. The quantitative estimate of drug-likeness (QED) is 0.618. The Morgan fingerprint density at radius 2 is 1.69 bits per heavy atom. The topological polar surface area (TPSA) is 50.2 Å². The van der Waals surface area contributed by atoms with E-state index >= 15 is 0 Å². The summed E-state index contributed by atoms with van der Waals surface area (Å²) in [6.45, 7) is 6.36. The molecule has 0 unspecified atom stereocenters. The largest absolute Gasteiger partial charge is 0.372 e. The highest BCUT2D eigenvalue weighted by atomic mass is 19.2. The first-order valence-corrected chi connectivity index (χ1v) is 9.59. The summed E-state index contributed by atoms with van der Waals surface area (Å²) in [6, 6.07) is 13.3. The van der Waals surface area contributed by atoms with E-state index in [4.69, 9.17) is 0 Å². The number of amides is 1. The lowest BCUT2D eigenvalue weighted by Gasteiger charge is -2.21. The van der Waals surface area contributed by atoms with Crippen LogP contribution in [0.3, 0.4) is 0 Å². The van der Waals surface area contributed by atoms with Crippen LogP contribution >= 0.6 is 0 Å². The number of anilines is 2. The van der Waals surface area contributed by atoms with Gasteiger partial charge in [0.2, 0.25) is 5.91 Å².